The normalized spacial score (nSPS) is 14.5. The van der Waals surface area contributed by atoms with Crippen molar-refractivity contribution in [3.63, 3.8) is 0 Å². The van der Waals surface area contributed by atoms with E-state index in [1.54, 1.807) is 0 Å². The van der Waals surface area contributed by atoms with Gasteiger partial charge < -0.3 is 11.1 Å². The molecule has 2 atom stereocenters. The number of benzene rings is 1. The van der Waals surface area contributed by atoms with Crippen molar-refractivity contribution in [2.24, 2.45) is 17.6 Å². The molecule has 1 rings (SSSR count). The van der Waals surface area contributed by atoms with Crippen LogP contribution in [0.3, 0.4) is 0 Å². The fraction of sp³-hybridized carbons (Fsp3) is 0.562. The average Bonchev–Trinajstić information content (AvgIpc) is 2.35. The lowest BCUT2D eigenvalue weighted by molar-refractivity contribution is -0.123. The Morgan fingerprint density at radius 1 is 1.16 bits per heavy atom. The molecule has 0 aliphatic rings. The number of hydrogen-bond acceptors (Lipinski definition) is 2. The number of hydrogen-bond donors (Lipinski definition) is 2. The second-order valence-corrected chi connectivity index (χ2v) is 5.88. The molecule has 0 saturated heterocycles. The zero-order chi connectivity index (χ0) is 14.4. The molecular weight excluding hydrogens is 236 g/mol. The summed E-state index contributed by atoms with van der Waals surface area (Å²) in [6.07, 6.45) is 0.714. The summed E-state index contributed by atoms with van der Waals surface area (Å²) in [5.74, 6) is 0.698. The molecule has 19 heavy (non-hydrogen) atoms. The predicted molar refractivity (Wildman–Crippen MR) is 79.6 cm³/mol. The van der Waals surface area contributed by atoms with Crippen LogP contribution in [0.1, 0.15) is 45.7 Å². The van der Waals surface area contributed by atoms with Crippen LogP contribution in [0.5, 0.6) is 0 Å². The Morgan fingerprint density at radius 3 is 2.21 bits per heavy atom. The van der Waals surface area contributed by atoms with Crippen molar-refractivity contribution in [3.05, 3.63) is 35.9 Å². The number of nitrogens with two attached hydrogens (primary N) is 1. The van der Waals surface area contributed by atoms with Gasteiger partial charge in [0.05, 0.1) is 12.1 Å². The summed E-state index contributed by atoms with van der Waals surface area (Å²) in [6.45, 7) is 8.35. The van der Waals surface area contributed by atoms with Crippen LogP contribution in [0.4, 0.5) is 0 Å². The maximum atomic E-state index is 12.1. The van der Waals surface area contributed by atoms with Crippen LogP contribution in [0.2, 0.25) is 0 Å². The van der Waals surface area contributed by atoms with Gasteiger partial charge in [0, 0.05) is 0 Å². The van der Waals surface area contributed by atoms with E-state index >= 15 is 0 Å². The molecule has 3 nitrogen and oxygen atoms in total. The molecule has 1 aromatic carbocycles. The highest BCUT2D eigenvalue weighted by atomic mass is 16.2. The van der Waals surface area contributed by atoms with Gasteiger partial charge in [-0.05, 0) is 23.8 Å². The first-order chi connectivity index (χ1) is 8.91. The maximum absolute atomic E-state index is 12.1. The van der Waals surface area contributed by atoms with Crippen molar-refractivity contribution >= 4 is 5.91 Å². The summed E-state index contributed by atoms with van der Waals surface area (Å²) >= 11 is 0. The van der Waals surface area contributed by atoms with Gasteiger partial charge in [-0.15, -0.1) is 0 Å². The highest BCUT2D eigenvalue weighted by Gasteiger charge is 2.22. The van der Waals surface area contributed by atoms with Gasteiger partial charge in [0.1, 0.15) is 0 Å². The zero-order valence-corrected chi connectivity index (χ0v) is 12.4. The van der Waals surface area contributed by atoms with Crippen molar-refractivity contribution in [3.8, 4) is 0 Å². The lowest BCUT2D eigenvalue weighted by atomic mass is 9.95. The summed E-state index contributed by atoms with van der Waals surface area (Å²) in [4.78, 5) is 12.1. The van der Waals surface area contributed by atoms with Crippen molar-refractivity contribution in [2.45, 2.75) is 46.2 Å². The molecule has 0 heterocycles. The fourth-order valence-corrected chi connectivity index (χ4v) is 2.17. The molecule has 106 valence electrons. The van der Waals surface area contributed by atoms with Gasteiger partial charge in [0.15, 0.2) is 0 Å². The van der Waals surface area contributed by atoms with E-state index in [0.717, 1.165) is 5.56 Å². The van der Waals surface area contributed by atoms with Gasteiger partial charge in [-0.2, -0.15) is 0 Å². The minimum absolute atomic E-state index is 0.0203. The zero-order valence-electron chi connectivity index (χ0n) is 12.4. The third kappa shape index (κ3) is 5.03. The number of carbonyl (C=O) groups excluding carboxylic acids is 1. The van der Waals surface area contributed by atoms with Crippen LogP contribution in [-0.2, 0) is 4.79 Å². The molecule has 0 saturated carbocycles. The van der Waals surface area contributed by atoms with E-state index in [4.69, 9.17) is 5.73 Å². The number of rotatable bonds is 6. The van der Waals surface area contributed by atoms with Crippen molar-refractivity contribution in [1.29, 1.82) is 0 Å². The summed E-state index contributed by atoms with van der Waals surface area (Å²) in [7, 11) is 0. The van der Waals surface area contributed by atoms with Crippen LogP contribution in [-0.4, -0.2) is 11.9 Å². The molecule has 0 radical (unpaired) electrons. The molecule has 0 aliphatic carbocycles. The second-order valence-electron chi connectivity index (χ2n) is 5.88. The van der Waals surface area contributed by atoms with Crippen LogP contribution >= 0.6 is 0 Å². The third-order valence-electron chi connectivity index (χ3n) is 3.19. The number of carbonyl (C=O) groups is 1. The predicted octanol–water partition coefficient (Wildman–Crippen LogP) is 2.87. The first kappa shape index (κ1) is 15.7. The van der Waals surface area contributed by atoms with Gasteiger partial charge in [-0.1, -0.05) is 58.0 Å². The minimum atomic E-state index is -0.426. The van der Waals surface area contributed by atoms with Crippen molar-refractivity contribution in [1.82, 2.24) is 5.32 Å². The standard InChI is InChI=1S/C16H26N2O/c1-11(2)10-14(17)16(19)18-15(12(3)4)13-8-6-5-7-9-13/h5-9,11-12,14-15H,10,17H2,1-4H3,(H,18,19)/t14-,15?/m1/s1. The molecule has 1 unspecified atom stereocenters. The average molecular weight is 262 g/mol. The Morgan fingerprint density at radius 2 is 1.74 bits per heavy atom. The SMILES string of the molecule is CC(C)C[C@@H](N)C(=O)NC(c1ccccc1)C(C)C. The Kier molecular flexibility index (Phi) is 6.03. The lowest BCUT2D eigenvalue weighted by Crippen LogP contribution is -2.44. The third-order valence-corrected chi connectivity index (χ3v) is 3.19. The van der Waals surface area contributed by atoms with E-state index in [2.05, 4.69) is 33.0 Å². The van der Waals surface area contributed by atoms with E-state index in [1.807, 2.05) is 30.3 Å². The van der Waals surface area contributed by atoms with E-state index in [1.165, 1.54) is 0 Å². The largest absolute Gasteiger partial charge is 0.348 e. The van der Waals surface area contributed by atoms with Crippen LogP contribution in [0, 0.1) is 11.8 Å². The summed E-state index contributed by atoms with van der Waals surface area (Å²) in [5.41, 5.74) is 7.06. The number of amides is 1. The molecule has 0 aliphatic heterocycles. The fourth-order valence-electron chi connectivity index (χ4n) is 2.17. The molecule has 1 aromatic rings. The highest BCUT2D eigenvalue weighted by molar-refractivity contribution is 5.81. The smallest absolute Gasteiger partial charge is 0.237 e. The second kappa shape index (κ2) is 7.29. The van der Waals surface area contributed by atoms with Gasteiger partial charge in [0.25, 0.3) is 0 Å². The van der Waals surface area contributed by atoms with Crippen LogP contribution < -0.4 is 11.1 Å². The monoisotopic (exact) mass is 262 g/mol. The Hall–Kier alpha value is -1.35. The maximum Gasteiger partial charge on any atom is 0.237 e. The molecule has 0 spiro atoms. The van der Waals surface area contributed by atoms with E-state index in [-0.39, 0.29) is 11.9 Å². The molecule has 1 amide bonds. The molecule has 0 aromatic heterocycles. The first-order valence-electron chi connectivity index (χ1n) is 7.02. The first-order valence-corrected chi connectivity index (χ1v) is 7.02. The lowest BCUT2D eigenvalue weighted by Gasteiger charge is -2.25. The Balaban J connectivity index is 2.72. The topological polar surface area (TPSA) is 55.1 Å². The Bertz CT molecular complexity index is 387. The molecule has 3 heteroatoms. The summed E-state index contributed by atoms with van der Waals surface area (Å²) < 4.78 is 0. The van der Waals surface area contributed by atoms with E-state index in [0.29, 0.717) is 18.3 Å². The number of nitrogens with one attached hydrogen (secondary N) is 1. The summed E-state index contributed by atoms with van der Waals surface area (Å²) in [6, 6.07) is 9.64. The highest BCUT2D eigenvalue weighted by Crippen LogP contribution is 2.21. The molecule has 0 bridgehead atoms. The minimum Gasteiger partial charge on any atom is -0.348 e. The van der Waals surface area contributed by atoms with Gasteiger partial charge in [0.2, 0.25) is 5.91 Å². The van der Waals surface area contributed by atoms with E-state index in [9.17, 15) is 4.79 Å². The molecule has 0 fully saturated rings. The molecular formula is C16H26N2O. The van der Waals surface area contributed by atoms with E-state index < -0.39 is 6.04 Å². The quantitative estimate of drug-likeness (QED) is 0.828. The summed E-state index contributed by atoms with van der Waals surface area (Å²) in [5, 5.41) is 3.07. The Labute approximate surface area is 116 Å². The van der Waals surface area contributed by atoms with Crippen LogP contribution in [0.15, 0.2) is 30.3 Å². The van der Waals surface area contributed by atoms with Crippen LogP contribution in [0.25, 0.3) is 0 Å². The van der Waals surface area contributed by atoms with Gasteiger partial charge >= 0.3 is 0 Å². The molecule has 3 N–H and O–H groups in total. The van der Waals surface area contributed by atoms with Gasteiger partial charge in [-0.3, -0.25) is 4.79 Å². The van der Waals surface area contributed by atoms with Crippen molar-refractivity contribution < 1.29 is 4.79 Å². The van der Waals surface area contributed by atoms with Crippen molar-refractivity contribution in [2.75, 3.05) is 0 Å². The van der Waals surface area contributed by atoms with Gasteiger partial charge in [-0.25, -0.2) is 0 Å².